The van der Waals surface area contributed by atoms with Crippen LogP contribution in [0.15, 0.2) is 48.5 Å². The number of nitrogens with one attached hydrogen (secondary N) is 1. The normalized spacial score (nSPS) is 19.4. The van der Waals surface area contributed by atoms with Crippen molar-refractivity contribution in [2.75, 3.05) is 6.54 Å². The maximum absolute atomic E-state index is 12.2. The second-order valence-electron chi connectivity index (χ2n) is 6.03. The lowest BCUT2D eigenvalue weighted by molar-refractivity contribution is -0.384. The van der Waals surface area contributed by atoms with Gasteiger partial charge < -0.3 is 10.4 Å². The number of non-ortho nitro benzene ring substituents is 1. The summed E-state index contributed by atoms with van der Waals surface area (Å²) >= 11 is 0. The van der Waals surface area contributed by atoms with Gasteiger partial charge in [0.15, 0.2) is 0 Å². The first kappa shape index (κ1) is 16.1. The first-order chi connectivity index (χ1) is 11.5. The van der Waals surface area contributed by atoms with Crippen LogP contribution in [0.3, 0.4) is 0 Å². The van der Waals surface area contributed by atoms with E-state index in [4.69, 9.17) is 0 Å². The maximum Gasteiger partial charge on any atom is 0.269 e. The lowest BCUT2D eigenvalue weighted by Gasteiger charge is -2.34. The molecule has 0 saturated carbocycles. The number of nitrogens with zero attached hydrogens (tertiary/aromatic N) is 1. The number of hydrogen-bond acceptors (Lipinski definition) is 4. The topological polar surface area (TPSA) is 92.5 Å². The van der Waals surface area contributed by atoms with Gasteiger partial charge in [-0.3, -0.25) is 14.9 Å². The molecule has 0 radical (unpaired) electrons. The van der Waals surface area contributed by atoms with Crippen molar-refractivity contribution in [1.29, 1.82) is 0 Å². The van der Waals surface area contributed by atoms with Crippen LogP contribution in [-0.2, 0) is 12.0 Å². The van der Waals surface area contributed by atoms with E-state index in [0.717, 1.165) is 24.0 Å². The molecule has 1 amide bonds. The molecule has 2 aromatic rings. The Balaban J connectivity index is 1.71. The first-order valence-electron chi connectivity index (χ1n) is 7.83. The molecule has 0 spiro atoms. The lowest BCUT2D eigenvalue weighted by Crippen LogP contribution is -2.43. The van der Waals surface area contributed by atoms with Crippen LogP contribution in [0.2, 0.25) is 0 Å². The van der Waals surface area contributed by atoms with E-state index in [1.807, 2.05) is 24.3 Å². The Hall–Kier alpha value is -2.73. The predicted octanol–water partition coefficient (Wildman–Crippen LogP) is 2.55. The summed E-state index contributed by atoms with van der Waals surface area (Å²) in [6.07, 6.45) is 2.38. The second kappa shape index (κ2) is 6.41. The third-order valence-electron chi connectivity index (χ3n) is 4.44. The van der Waals surface area contributed by atoms with Crippen LogP contribution in [0.4, 0.5) is 5.69 Å². The highest BCUT2D eigenvalue weighted by Crippen LogP contribution is 2.34. The molecule has 2 aromatic carbocycles. The standard InChI is InChI=1S/C18H18N2O4/c21-17(14-7-9-15(10-8-14)20(23)24)19-12-18(22)11-3-5-13-4-1-2-6-16(13)18/h1-2,4,6-10,22H,3,5,11-12H2,(H,19,21). The van der Waals surface area contributed by atoms with E-state index < -0.39 is 10.5 Å². The van der Waals surface area contributed by atoms with Gasteiger partial charge in [-0.15, -0.1) is 0 Å². The van der Waals surface area contributed by atoms with Gasteiger partial charge in [-0.05, 0) is 42.5 Å². The molecule has 1 aliphatic carbocycles. The van der Waals surface area contributed by atoms with Crippen molar-refractivity contribution in [1.82, 2.24) is 5.32 Å². The summed E-state index contributed by atoms with van der Waals surface area (Å²) in [5, 5.41) is 24.3. The molecule has 0 fully saturated rings. The van der Waals surface area contributed by atoms with E-state index in [0.29, 0.717) is 12.0 Å². The Morgan fingerprint density at radius 2 is 1.92 bits per heavy atom. The Morgan fingerprint density at radius 1 is 1.21 bits per heavy atom. The number of carbonyl (C=O) groups is 1. The minimum Gasteiger partial charge on any atom is -0.383 e. The quantitative estimate of drug-likeness (QED) is 0.667. The van der Waals surface area contributed by atoms with Crippen LogP contribution in [0.1, 0.15) is 34.3 Å². The zero-order valence-electron chi connectivity index (χ0n) is 13.1. The molecular weight excluding hydrogens is 308 g/mol. The van der Waals surface area contributed by atoms with Crippen LogP contribution in [0.5, 0.6) is 0 Å². The van der Waals surface area contributed by atoms with Gasteiger partial charge in [-0.25, -0.2) is 0 Å². The predicted molar refractivity (Wildman–Crippen MR) is 88.7 cm³/mol. The van der Waals surface area contributed by atoms with Crippen molar-refractivity contribution in [3.8, 4) is 0 Å². The van der Waals surface area contributed by atoms with Crippen molar-refractivity contribution in [3.63, 3.8) is 0 Å². The molecular formula is C18H18N2O4. The third kappa shape index (κ3) is 3.14. The molecule has 6 heteroatoms. The summed E-state index contributed by atoms with van der Waals surface area (Å²) in [5.74, 6) is -0.360. The van der Waals surface area contributed by atoms with Crippen LogP contribution in [-0.4, -0.2) is 22.5 Å². The number of amides is 1. The van der Waals surface area contributed by atoms with Crippen molar-refractivity contribution < 1.29 is 14.8 Å². The number of carbonyl (C=O) groups excluding carboxylic acids is 1. The van der Waals surface area contributed by atoms with E-state index in [-0.39, 0.29) is 18.1 Å². The number of aryl methyl sites for hydroxylation is 1. The highest BCUT2D eigenvalue weighted by molar-refractivity contribution is 5.94. The molecule has 0 heterocycles. The molecule has 1 atom stereocenters. The molecule has 0 bridgehead atoms. The number of rotatable bonds is 4. The molecule has 1 unspecified atom stereocenters. The van der Waals surface area contributed by atoms with Gasteiger partial charge in [-0.2, -0.15) is 0 Å². The number of aliphatic hydroxyl groups is 1. The van der Waals surface area contributed by atoms with E-state index in [2.05, 4.69) is 5.32 Å². The summed E-state index contributed by atoms with van der Waals surface area (Å²) in [4.78, 5) is 22.4. The number of nitro benzene ring substituents is 1. The molecule has 0 saturated heterocycles. The smallest absolute Gasteiger partial charge is 0.269 e. The van der Waals surface area contributed by atoms with E-state index >= 15 is 0 Å². The Bertz CT molecular complexity index is 773. The molecule has 2 N–H and O–H groups in total. The Morgan fingerprint density at radius 3 is 2.62 bits per heavy atom. The summed E-state index contributed by atoms with van der Waals surface area (Å²) in [7, 11) is 0. The average molecular weight is 326 g/mol. The highest BCUT2D eigenvalue weighted by atomic mass is 16.6. The van der Waals surface area contributed by atoms with Crippen molar-refractivity contribution in [2.24, 2.45) is 0 Å². The van der Waals surface area contributed by atoms with Gasteiger partial charge in [0.1, 0.15) is 5.60 Å². The van der Waals surface area contributed by atoms with Gasteiger partial charge in [0.05, 0.1) is 11.5 Å². The van der Waals surface area contributed by atoms with Crippen LogP contribution < -0.4 is 5.32 Å². The molecule has 0 aliphatic heterocycles. The van der Waals surface area contributed by atoms with Crippen molar-refractivity contribution >= 4 is 11.6 Å². The van der Waals surface area contributed by atoms with Gasteiger partial charge in [-0.1, -0.05) is 24.3 Å². The lowest BCUT2D eigenvalue weighted by atomic mass is 9.79. The molecule has 3 rings (SSSR count). The van der Waals surface area contributed by atoms with E-state index in [9.17, 15) is 20.0 Å². The molecule has 6 nitrogen and oxygen atoms in total. The van der Waals surface area contributed by atoms with Crippen LogP contribution >= 0.6 is 0 Å². The fourth-order valence-corrected chi connectivity index (χ4v) is 3.14. The number of fused-ring (bicyclic) bond motifs is 1. The molecule has 0 aromatic heterocycles. The summed E-state index contributed by atoms with van der Waals surface area (Å²) in [6.45, 7) is 0.111. The van der Waals surface area contributed by atoms with Gasteiger partial charge >= 0.3 is 0 Å². The first-order valence-corrected chi connectivity index (χ1v) is 7.83. The van der Waals surface area contributed by atoms with Gasteiger partial charge in [0.25, 0.3) is 11.6 Å². The van der Waals surface area contributed by atoms with Crippen molar-refractivity contribution in [3.05, 3.63) is 75.3 Å². The second-order valence-corrected chi connectivity index (χ2v) is 6.03. The molecule has 1 aliphatic rings. The maximum atomic E-state index is 12.2. The average Bonchev–Trinajstić information content (AvgIpc) is 2.60. The Labute approximate surface area is 139 Å². The van der Waals surface area contributed by atoms with E-state index in [1.165, 1.54) is 24.3 Å². The number of hydrogen-bond donors (Lipinski definition) is 2. The summed E-state index contributed by atoms with van der Waals surface area (Å²) < 4.78 is 0. The van der Waals surface area contributed by atoms with Gasteiger partial charge in [0, 0.05) is 17.7 Å². The largest absolute Gasteiger partial charge is 0.383 e. The number of nitro groups is 1. The summed E-state index contributed by atoms with van der Waals surface area (Å²) in [6, 6.07) is 13.1. The zero-order chi connectivity index (χ0) is 17.2. The molecule has 124 valence electrons. The minimum absolute atomic E-state index is 0.0635. The van der Waals surface area contributed by atoms with Crippen molar-refractivity contribution in [2.45, 2.75) is 24.9 Å². The highest BCUT2D eigenvalue weighted by Gasteiger charge is 2.34. The fraction of sp³-hybridized carbons (Fsp3) is 0.278. The third-order valence-corrected chi connectivity index (χ3v) is 4.44. The van der Waals surface area contributed by atoms with E-state index in [1.54, 1.807) is 0 Å². The number of benzene rings is 2. The fourth-order valence-electron chi connectivity index (χ4n) is 3.14. The van der Waals surface area contributed by atoms with Gasteiger partial charge in [0.2, 0.25) is 0 Å². The summed E-state index contributed by atoms with van der Waals surface area (Å²) in [5.41, 5.74) is 1.15. The van der Waals surface area contributed by atoms with Crippen LogP contribution in [0.25, 0.3) is 0 Å². The SMILES string of the molecule is O=C(NCC1(O)CCCc2ccccc21)c1ccc([N+](=O)[O-])cc1. The minimum atomic E-state index is -1.08. The molecule has 24 heavy (non-hydrogen) atoms. The van der Waals surface area contributed by atoms with Crippen LogP contribution in [0, 0.1) is 10.1 Å². The zero-order valence-corrected chi connectivity index (χ0v) is 13.1. The Kier molecular flexibility index (Phi) is 4.31. The monoisotopic (exact) mass is 326 g/mol.